The van der Waals surface area contributed by atoms with Crippen LogP contribution in [0.5, 0.6) is 0 Å². The second-order valence-corrected chi connectivity index (χ2v) is 5.82. The molecular weight excluding hydrogens is 270 g/mol. The molecule has 0 unspecified atom stereocenters. The first-order chi connectivity index (χ1) is 10.8. The Morgan fingerprint density at radius 3 is 1.77 bits per heavy atom. The fourth-order valence-electron chi connectivity index (χ4n) is 2.27. The molecule has 0 aromatic rings. The van der Waals surface area contributed by atoms with Crippen LogP contribution in [0.15, 0.2) is 36.5 Å². The van der Waals surface area contributed by atoms with Crippen LogP contribution in [-0.4, -0.2) is 5.91 Å². The van der Waals surface area contributed by atoms with Crippen molar-refractivity contribution in [1.82, 2.24) is 0 Å². The van der Waals surface area contributed by atoms with Crippen molar-refractivity contribution < 1.29 is 4.79 Å². The van der Waals surface area contributed by atoms with E-state index in [1.165, 1.54) is 63.9 Å². The van der Waals surface area contributed by atoms with E-state index in [-0.39, 0.29) is 5.91 Å². The van der Waals surface area contributed by atoms with Gasteiger partial charge in [-0.25, -0.2) is 0 Å². The predicted molar refractivity (Wildman–Crippen MR) is 97.7 cm³/mol. The molecule has 0 atom stereocenters. The number of amides is 1. The summed E-state index contributed by atoms with van der Waals surface area (Å²) in [6.45, 7) is 2.24. The Labute approximate surface area is 137 Å². The third kappa shape index (κ3) is 18.7. The fraction of sp³-hybridized carbons (Fsp3) is 0.650. The number of carbonyl (C=O) groups is 1. The van der Waals surface area contributed by atoms with Gasteiger partial charge >= 0.3 is 0 Å². The van der Waals surface area contributed by atoms with E-state index in [1.54, 1.807) is 0 Å². The van der Waals surface area contributed by atoms with Crippen LogP contribution in [0.25, 0.3) is 0 Å². The third-order valence-corrected chi connectivity index (χ3v) is 3.60. The second-order valence-electron chi connectivity index (χ2n) is 5.82. The zero-order chi connectivity index (χ0) is 16.3. The average Bonchev–Trinajstić information content (AvgIpc) is 2.50. The highest BCUT2D eigenvalue weighted by atomic mass is 16.1. The quantitative estimate of drug-likeness (QED) is 0.230. The minimum Gasteiger partial charge on any atom is -0.366 e. The minimum atomic E-state index is -0.345. The van der Waals surface area contributed by atoms with Crippen LogP contribution in [0.2, 0.25) is 0 Å². The van der Waals surface area contributed by atoms with Crippen molar-refractivity contribution in [3.63, 3.8) is 0 Å². The monoisotopic (exact) mass is 305 g/mol. The second kappa shape index (κ2) is 17.7. The molecule has 0 saturated carbocycles. The number of carbonyl (C=O) groups excluding carboxylic acids is 1. The summed E-state index contributed by atoms with van der Waals surface area (Å²) in [6.07, 6.45) is 27.3. The van der Waals surface area contributed by atoms with E-state index in [1.807, 2.05) is 6.08 Å². The summed E-state index contributed by atoms with van der Waals surface area (Å²) in [6, 6.07) is 0. The Morgan fingerprint density at radius 2 is 1.23 bits per heavy atom. The van der Waals surface area contributed by atoms with Crippen molar-refractivity contribution in [3.8, 4) is 0 Å². The molecule has 0 saturated heterocycles. The van der Waals surface area contributed by atoms with Gasteiger partial charge in [0.25, 0.3) is 0 Å². The van der Waals surface area contributed by atoms with Gasteiger partial charge in [0.05, 0.1) is 0 Å². The van der Waals surface area contributed by atoms with Crippen molar-refractivity contribution in [3.05, 3.63) is 36.5 Å². The molecule has 1 amide bonds. The molecule has 0 spiro atoms. The summed E-state index contributed by atoms with van der Waals surface area (Å²) < 4.78 is 0. The Balaban J connectivity index is 3.22. The van der Waals surface area contributed by atoms with Gasteiger partial charge in [-0.2, -0.15) is 0 Å². The van der Waals surface area contributed by atoms with Crippen LogP contribution < -0.4 is 5.73 Å². The highest BCUT2D eigenvalue weighted by Gasteiger charge is 1.89. The number of hydrogen-bond acceptors (Lipinski definition) is 1. The summed E-state index contributed by atoms with van der Waals surface area (Å²) in [5.41, 5.74) is 5.02. The first-order valence-corrected chi connectivity index (χ1v) is 9.03. The van der Waals surface area contributed by atoms with Gasteiger partial charge in [-0.05, 0) is 51.0 Å². The van der Waals surface area contributed by atoms with Crippen molar-refractivity contribution in [2.75, 3.05) is 0 Å². The van der Waals surface area contributed by atoms with E-state index in [0.717, 1.165) is 19.3 Å². The van der Waals surface area contributed by atoms with Crippen LogP contribution in [0.3, 0.4) is 0 Å². The van der Waals surface area contributed by atoms with Gasteiger partial charge in [-0.15, -0.1) is 0 Å². The standard InChI is InChI=1S/C20H35NO/c1-2-3-4-5-6-7-8-9-10-11-12-13-14-15-16-17-18-19-20(21)22/h6-7,9-10,18-19H,2-5,8,11-17H2,1H3,(H2,21,22). The number of rotatable bonds is 15. The zero-order valence-corrected chi connectivity index (χ0v) is 14.4. The number of unbranched alkanes of at least 4 members (excludes halogenated alkanes) is 9. The smallest absolute Gasteiger partial charge is 0.241 e. The summed E-state index contributed by atoms with van der Waals surface area (Å²) in [4.78, 5) is 10.5. The molecule has 0 aliphatic rings. The molecule has 0 aliphatic heterocycles. The molecule has 0 radical (unpaired) electrons. The SMILES string of the molecule is CCCCCC=CCC=CCCCCCCCC=CC(N)=O. The van der Waals surface area contributed by atoms with Gasteiger partial charge in [0, 0.05) is 0 Å². The summed E-state index contributed by atoms with van der Waals surface area (Å²) >= 11 is 0. The molecule has 0 bridgehead atoms. The van der Waals surface area contributed by atoms with Gasteiger partial charge in [0.1, 0.15) is 0 Å². The van der Waals surface area contributed by atoms with E-state index in [4.69, 9.17) is 5.73 Å². The maximum absolute atomic E-state index is 10.5. The van der Waals surface area contributed by atoms with Gasteiger partial charge in [-0.1, -0.05) is 69.4 Å². The van der Waals surface area contributed by atoms with Crippen LogP contribution >= 0.6 is 0 Å². The van der Waals surface area contributed by atoms with Crippen molar-refractivity contribution in [2.24, 2.45) is 5.73 Å². The predicted octanol–water partition coefficient (Wildman–Crippen LogP) is 5.84. The first-order valence-electron chi connectivity index (χ1n) is 9.03. The molecular formula is C20H35NO. The molecule has 0 heterocycles. The Morgan fingerprint density at radius 1 is 0.727 bits per heavy atom. The highest BCUT2D eigenvalue weighted by Crippen LogP contribution is 2.08. The van der Waals surface area contributed by atoms with E-state index in [2.05, 4.69) is 31.2 Å². The molecule has 0 fully saturated rings. The Hall–Kier alpha value is -1.31. The van der Waals surface area contributed by atoms with Gasteiger partial charge in [-0.3, -0.25) is 4.79 Å². The lowest BCUT2D eigenvalue weighted by molar-refractivity contribution is -0.113. The Bertz CT molecular complexity index is 329. The van der Waals surface area contributed by atoms with E-state index < -0.39 is 0 Å². The van der Waals surface area contributed by atoms with Gasteiger partial charge in [0.15, 0.2) is 0 Å². The molecule has 22 heavy (non-hydrogen) atoms. The molecule has 0 aromatic heterocycles. The van der Waals surface area contributed by atoms with Gasteiger partial charge in [0.2, 0.25) is 5.91 Å². The fourth-order valence-corrected chi connectivity index (χ4v) is 2.27. The van der Waals surface area contributed by atoms with Crippen molar-refractivity contribution >= 4 is 5.91 Å². The molecule has 0 aromatic carbocycles. The largest absolute Gasteiger partial charge is 0.366 e. The maximum atomic E-state index is 10.5. The molecule has 0 aliphatic carbocycles. The number of nitrogens with two attached hydrogens (primary N) is 1. The third-order valence-electron chi connectivity index (χ3n) is 3.60. The van der Waals surface area contributed by atoms with Crippen molar-refractivity contribution in [2.45, 2.75) is 84.0 Å². The summed E-state index contributed by atoms with van der Waals surface area (Å²) in [5, 5.41) is 0. The number of primary amides is 1. The lowest BCUT2D eigenvalue weighted by Crippen LogP contribution is -2.05. The van der Waals surface area contributed by atoms with E-state index in [9.17, 15) is 4.79 Å². The van der Waals surface area contributed by atoms with Crippen LogP contribution in [-0.2, 0) is 4.79 Å². The molecule has 126 valence electrons. The maximum Gasteiger partial charge on any atom is 0.241 e. The van der Waals surface area contributed by atoms with Crippen molar-refractivity contribution in [1.29, 1.82) is 0 Å². The number of allylic oxidation sites excluding steroid dienone is 5. The van der Waals surface area contributed by atoms with E-state index >= 15 is 0 Å². The van der Waals surface area contributed by atoms with E-state index in [0.29, 0.717) is 0 Å². The van der Waals surface area contributed by atoms with Crippen LogP contribution in [0.4, 0.5) is 0 Å². The molecule has 0 rings (SSSR count). The lowest BCUT2D eigenvalue weighted by atomic mass is 10.1. The Kier molecular flexibility index (Phi) is 16.7. The average molecular weight is 306 g/mol. The summed E-state index contributed by atoms with van der Waals surface area (Å²) in [7, 11) is 0. The normalized spacial score (nSPS) is 12.0. The lowest BCUT2D eigenvalue weighted by Gasteiger charge is -1.98. The molecule has 2 nitrogen and oxygen atoms in total. The van der Waals surface area contributed by atoms with Gasteiger partial charge < -0.3 is 5.73 Å². The minimum absolute atomic E-state index is 0.345. The molecule has 2 N–H and O–H groups in total. The molecule has 2 heteroatoms. The topological polar surface area (TPSA) is 43.1 Å². The number of hydrogen-bond donors (Lipinski definition) is 1. The van der Waals surface area contributed by atoms with Crippen LogP contribution in [0.1, 0.15) is 84.0 Å². The summed E-state index contributed by atoms with van der Waals surface area (Å²) in [5.74, 6) is -0.345. The van der Waals surface area contributed by atoms with Crippen LogP contribution in [0, 0.1) is 0 Å². The zero-order valence-electron chi connectivity index (χ0n) is 14.4. The highest BCUT2D eigenvalue weighted by molar-refractivity contribution is 5.85. The first kappa shape index (κ1) is 20.7.